The molecule has 12 rings (SSSR count). The highest BCUT2D eigenvalue weighted by molar-refractivity contribution is 9.09. The second-order valence-corrected chi connectivity index (χ2v) is 35.4. The first-order valence-corrected chi connectivity index (χ1v) is 34.2. The van der Waals surface area contributed by atoms with E-state index < -0.39 is 16.8 Å². The van der Waals surface area contributed by atoms with E-state index in [0.29, 0.717) is 50.2 Å². The van der Waals surface area contributed by atoms with E-state index in [1.807, 2.05) is 0 Å². The molecule has 4 nitrogen and oxygen atoms in total. The number of hydrogen-bond acceptors (Lipinski definition) is 4. The lowest BCUT2D eigenvalue weighted by atomic mass is 9.44. The highest BCUT2D eigenvalue weighted by Gasteiger charge is 2.64. The van der Waals surface area contributed by atoms with E-state index in [1.165, 1.54) is 127 Å². The van der Waals surface area contributed by atoms with E-state index in [0.717, 1.165) is 138 Å². The summed E-state index contributed by atoms with van der Waals surface area (Å²) in [6.45, 7) is 44.4. The molecular weight excluding hydrogens is 1010 g/mol. The zero-order valence-corrected chi connectivity index (χ0v) is 53.7. The van der Waals surface area contributed by atoms with Crippen molar-refractivity contribution in [1.82, 2.24) is 0 Å². The van der Waals surface area contributed by atoms with Crippen LogP contribution in [0.15, 0.2) is 36.5 Å². The lowest BCUT2D eigenvalue weighted by Gasteiger charge is -2.61. The highest BCUT2D eigenvalue weighted by atomic mass is 79.9. The van der Waals surface area contributed by atoms with Crippen LogP contribution in [0.5, 0.6) is 0 Å². The largest absolute Gasteiger partial charge is 0.392 e. The Kier molecular flexibility index (Phi) is 16.0. The van der Waals surface area contributed by atoms with Gasteiger partial charge < -0.3 is 20.4 Å². The van der Waals surface area contributed by atoms with Gasteiger partial charge in [0.25, 0.3) is 0 Å². The number of alkyl halides is 1. The lowest BCUT2D eigenvalue weighted by Crippen LogP contribution is -2.55. The van der Waals surface area contributed by atoms with Crippen LogP contribution in [0.1, 0.15) is 244 Å². The zero-order chi connectivity index (χ0) is 56.0. The molecule has 12 aliphatic rings. The Labute approximate surface area is 482 Å². The van der Waals surface area contributed by atoms with Gasteiger partial charge in [0.05, 0.1) is 23.4 Å². The Morgan fingerprint density at radius 2 is 0.649 bits per heavy atom. The third-order valence-corrected chi connectivity index (χ3v) is 29.7. The van der Waals surface area contributed by atoms with Gasteiger partial charge in [-0.1, -0.05) is 109 Å². The molecule has 24 atom stereocenters. The Hall–Kier alpha value is -0.460. The standard InChI is InChI=1S/C24H39BrO.C24H40O2.C24H40O/c2*1-15(14-25)19-6-7-20-18-12-22(2,3)21-13-23(4,26)10-8-17(21)16(18)9-11-24(19,20)5;1-15(2)19-7-8-20-18-13-22(3,4)21-14-23(5,25)11-9-17(21)16(18)10-12-24(19,20)6/h16-21,26H,1,6-14H2,2-5H3;16-21,25-26H,1,6-14H2,2-5H3;16-21,25H,1,7-14H2,2-6H3/t3*16-,17-,18-,19-,20+,21-,23-,24-/m111/s1. The smallest absolute Gasteiger partial charge is 0.0642 e. The van der Waals surface area contributed by atoms with Gasteiger partial charge in [0.2, 0.25) is 0 Å². The van der Waals surface area contributed by atoms with Crippen LogP contribution in [0, 0.1) is 139 Å². The Bertz CT molecular complexity index is 2100. The van der Waals surface area contributed by atoms with Crippen LogP contribution in [-0.2, 0) is 0 Å². The average Bonchev–Trinajstić information content (AvgIpc) is 4.07. The molecule has 4 N–H and O–H groups in total. The Balaban J connectivity index is 0.000000131. The van der Waals surface area contributed by atoms with Crippen molar-refractivity contribution in [2.75, 3.05) is 11.9 Å². The maximum Gasteiger partial charge on any atom is 0.0642 e. The predicted octanol–water partition coefficient (Wildman–Crippen LogP) is 18.0. The fourth-order valence-corrected chi connectivity index (χ4v) is 25.8. The summed E-state index contributed by atoms with van der Waals surface area (Å²) in [5.74, 6) is 14.6. The Morgan fingerprint density at radius 1 is 0.364 bits per heavy atom. The molecule has 438 valence electrons. The highest BCUT2D eigenvalue weighted by Crippen LogP contribution is 2.72. The molecule has 12 fully saturated rings. The first-order chi connectivity index (χ1) is 35.7. The summed E-state index contributed by atoms with van der Waals surface area (Å²) >= 11 is 3.69. The fraction of sp³-hybridized carbons (Fsp3) is 0.917. The van der Waals surface area contributed by atoms with Gasteiger partial charge in [-0.2, -0.15) is 0 Å². The van der Waals surface area contributed by atoms with Gasteiger partial charge in [0, 0.05) is 5.33 Å². The first-order valence-electron chi connectivity index (χ1n) is 33.1. The van der Waals surface area contributed by atoms with Crippen LogP contribution in [0.2, 0.25) is 0 Å². The molecule has 0 aromatic carbocycles. The van der Waals surface area contributed by atoms with Gasteiger partial charge in [-0.05, 0) is 326 Å². The van der Waals surface area contributed by atoms with E-state index in [9.17, 15) is 20.4 Å². The molecule has 0 spiro atoms. The third-order valence-electron chi connectivity index (χ3n) is 29.0. The van der Waals surface area contributed by atoms with Crippen LogP contribution in [-0.4, -0.2) is 49.2 Å². The number of fused-ring (bicyclic) bond motifs is 15. The SMILES string of the molecule is C=C(C)[C@H]1CC[C@H]2[C@@H]3CC(C)(C)[C@@H]4C[C@](C)(O)CC[C@@H]4[C@H]3CC[C@]12C.C=C(CBr)[C@H]1CC[C@H]2[C@@H]3CC(C)(C)[C@@H]4C[C@](C)(O)CC[C@@H]4[C@H]3CC[C@]12C.C=C(CO)[C@H]1CC[C@H]2[C@@H]3CC(C)(C)[C@@H]4C[C@](C)(O)CC[C@@H]4[C@H]3CC[C@]12C. The summed E-state index contributed by atoms with van der Waals surface area (Å²) in [6, 6.07) is 0. The quantitative estimate of drug-likeness (QED) is 0.163. The van der Waals surface area contributed by atoms with Crippen molar-refractivity contribution < 1.29 is 20.4 Å². The number of aliphatic hydroxyl groups is 4. The molecule has 5 heteroatoms. The fourth-order valence-electron chi connectivity index (χ4n) is 25.4. The molecule has 12 aliphatic carbocycles. The average molecular weight is 1130 g/mol. The zero-order valence-electron chi connectivity index (χ0n) is 52.1. The molecule has 0 aromatic rings. The topological polar surface area (TPSA) is 80.9 Å². The summed E-state index contributed by atoms with van der Waals surface area (Å²) in [4.78, 5) is 0. The molecule has 0 aliphatic heterocycles. The minimum absolute atomic E-state index is 0.159. The van der Waals surface area contributed by atoms with Crippen molar-refractivity contribution in [1.29, 1.82) is 0 Å². The van der Waals surface area contributed by atoms with E-state index >= 15 is 0 Å². The number of aliphatic hydroxyl groups excluding tert-OH is 1. The number of rotatable bonds is 5. The maximum absolute atomic E-state index is 10.7. The van der Waals surface area contributed by atoms with Crippen LogP contribution in [0.25, 0.3) is 0 Å². The van der Waals surface area contributed by atoms with Crippen LogP contribution in [0.4, 0.5) is 0 Å². The van der Waals surface area contributed by atoms with Crippen molar-refractivity contribution in [2.45, 2.75) is 261 Å². The van der Waals surface area contributed by atoms with Gasteiger partial charge in [0.15, 0.2) is 0 Å². The van der Waals surface area contributed by atoms with E-state index in [2.05, 4.69) is 126 Å². The summed E-state index contributed by atoms with van der Waals surface area (Å²) in [7, 11) is 0. The normalized spacial score (nSPS) is 53.2. The number of halogens is 1. The molecule has 77 heavy (non-hydrogen) atoms. The minimum Gasteiger partial charge on any atom is -0.392 e. The second kappa shape index (κ2) is 20.7. The van der Waals surface area contributed by atoms with Gasteiger partial charge >= 0.3 is 0 Å². The number of allylic oxidation sites excluding steroid dienone is 2. The molecule has 0 radical (unpaired) electrons. The Morgan fingerprint density at radius 3 is 0.948 bits per heavy atom. The summed E-state index contributed by atoms with van der Waals surface area (Å²) in [5.41, 5.74) is 5.08. The monoisotopic (exact) mass is 1130 g/mol. The summed E-state index contributed by atoms with van der Waals surface area (Å²) < 4.78 is 0. The van der Waals surface area contributed by atoms with Crippen LogP contribution >= 0.6 is 15.9 Å². The molecule has 0 heterocycles. The second-order valence-electron chi connectivity index (χ2n) is 34.9. The molecule has 0 unspecified atom stereocenters. The molecule has 0 amide bonds. The predicted molar refractivity (Wildman–Crippen MR) is 325 cm³/mol. The van der Waals surface area contributed by atoms with E-state index in [4.69, 9.17) is 0 Å². The van der Waals surface area contributed by atoms with E-state index in [1.54, 1.807) is 0 Å². The third kappa shape index (κ3) is 10.4. The molecule has 0 bridgehead atoms. The number of hydrogen-bond donors (Lipinski definition) is 4. The molecule has 12 saturated carbocycles. The van der Waals surface area contributed by atoms with Crippen molar-refractivity contribution in [3.05, 3.63) is 36.5 Å². The van der Waals surface area contributed by atoms with Crippen molar-refractivity contribution in [3.63, 3.8) is 0 Å². The van der Waals surface area contributed by atoms with E-state index in [-0.39, 0.29) is 6.61 Å². The van der Waals surface area contributed by atoms with Gasteiger partial charge in [-0.3, -0.25) is 0 Å². The first kappa shape index (κ1) is 59.7. The molecule has 0 aromatic heterocycles. The van der Waals surface area contributed by atoms with Gasteiger partial charge in [-0.25, -0.2) is 0 Å². The van der Waals surface area contributed by atoms with Crippen LogP contribution < -0.4 is 0 Å². The molecule has 0 saturated heterocycles. The minimum atomic E-state index is -0.453. The van der Waals surface area contributed by atoms with Crippen molar-refractivity contribution >= 4 is 15.9 Å². The maximum atomic E-state index is 10.7. The summed E-state index contributed by atoms with van der Waals surface area (Å²) in [5, 5.41) is 42.9. The van der Waals surface area contributed by atoms with Gasteiger partial charge in [0.1, 0.15) is 0 Å². The van der Waals surface area contributed by atoms with Crippen molar-refractivity contribution in [2.24, 2.45) is 139 Å². The molecular formula is C72H119BrO4. The summed E-state index contributed by atoms with van der Waals surface area (Å²) in [6.07, 6.45) is 30.4. The van der Waals surface area contributed by atoms with Crippen molar-refractivity contribution in [3.8, 4) is 0 Å². The van der Waals surface area contributed by atoms with Crippen LogP contribution in [0.3, 0.4) is 0 Å². The van der Waals surface area contributed by atoms with Gasteiger partial charge in [-0.15, -0.1) is 0 Å². The lowest BCUT2D eigenvalue weighted by molar-refractivity contribution is -0.144.